The van der Waals surface area contributed by atoms with Crippen LogP contribution in [0.4, 0.5) is 0 Å². The van der Waals surface area contributed by atoms with E-state index in [1.165, 1.54) is 0 Å². The Morgan fingerprint density at radius 3 is 2.60 bits per heavy atom. The number of benzene rings is 1. The van der Waals surface area contributed by atoms with Crippen molar-refractivity contribution in [2.75, 3.05) is 79.3 Å². The van der Waals surface area contributed by atoms with Crippen LogP contribution in [0.1, 0.15) is 18.4 Å². The second-order valence-electron chi connectivity index (χ2n) is 8.81. The second kappa shape index (κ2) is 9.54. The molecular weight excluding hydrogens is 382 g/mol. The van der Waals surface area contributed by atoms with Crippen LogP contribution in [-0.4, -0.2) is 99.9 Å². The van der Waals surface area contributed by atoms with Crippen LogP contribution in [0.15, 0.2) is 18.2 Å². The van der Waals surface area contributed by atoms with Crippen LogP contribution in [0.3, 0.4) is 0 Å². The number of hydrogen-bond acceptors (Lipinski definition) is 6. The third kappa shape index (κ3) is 4.74. The molecule has 0 N–H and O–H groups in total. The lowest BCUT2D eigenvalue weighted by molar-refractivity contribution is -0.135. The van der Waals surface area contributed by atoms with E-state index in [-0.39, 0.29) is 5.41 Å². The van der Waals surface area contributed by atoms with Crippen LogP contribution in [0.2, 0.25) is 0 Å². The molecule has 0 saturated carbocycles. The Morgan fingerprint density at radius 2 is 1.80 bits per heavy atom. The van der Waals surface area contributed by atoms with Crippen molar-refractivity contribution in [1.82, 2.24) is 14.7 Å². The molecule has 1 aromatic carbocycles. The van der Waals surface area contributed by atoms with Gasteiger partial charge < -0.3 is 19.1 Å². The Bertz CT molecular complexity index is 737. The van der Waals surface area contributed by atoms with Gasteiger partial charge in [0.05, 0.1) is 25.7 Å². The summed E-state index contributed by atoms with van der Waals surface area (Å²) in [6, 6.07) is 5.99. The summed E-state index contributed by atoms with van der Waals surface area (Å²) in [5, 5.41) is 0. The number of hydrogen-bond donors (Lipinski definition) is 0. The lowest BCUT2D eigenvalue weighted by Gasteiger charge is -2.29. The van der Waals surface area contributed by atoms with Gasteiger partial charge in [0.2, 0.25) is 5.91 Å². The monoisotopic (exact) mass is 417 g/mol. The molecule has 1 amide bonds. The fourth-order valence-corrected chi connectivity index (χ4v) is 4.90. The van der Waals surface area contributed by atoms with E-state index in [0.717, 1.165) is 95.5 Å². The van der Waals surface area contributed by atoms with Gasteiger partial charge in [0.15, 0.2) is 11.5 Å². The van der Waals surface area contributed by atoms with E-state index in [2.05, 4.69) is 14.7 Å². The molecule has 4 rings (SSSR count). The van der Waals surface area contributed by atoms with Crippen molar-refractivity contribution < 1.29 is 19.0 Å². The number of carbonyl (C=O) groups is 1. The molecule has 3 aliphatic rings. The van der Waals surface area contributed by atoms with Gasteiger partial charge in [-0.2, -0.15) is 0 Å². The first-order valence-corrected chi connectivity index (χ1v) is 11.2. The average Bonchev–Trinajstić information content (AvgIpc) is 3.32. The largest absolute Gasteiger partial charge is 0.493 e. The van der Waals surface area contributed by atoms with E-state index in [1.807, 2.05) is 25.1 Å². The molecule has 30 heavy (non-hydrogen) atoms. The Hall–Kier alpha value is -1.83. The van der Waals surface area contributed by atoms with Gasteiger partial charge in [-0.3, -0.25) is 14.6 Å². The Balaban J connectivity index is 1.23. The normalized spacial score (nSPS) is 25.4. The summed E-state index contributed by atoms with van der Waals surface area (Å²) in [5.41, 5.74) is 0.977. The van der Waals surface area contributed by atoms with Crippen molar-refractivity contribution in [2.24, 2.45) is 5.41 Å². The van der Waals surface area contributed by atoms with Crippen LogP contribution in [0.5, 0.6) is 11.5 Å². The first kappa shape index (κ1) is 21.4. The highest BCUT2D eigenvalue weighted by molar-refractivity contribution is 5.85. The molecule has 1 spiro atoms. The molecule has 3 fully saturated rings. The number of nitrogens with zero attached hydrogens (tertiary/aromatic N) is 3. The number of ether oxygens (including phenoxy) is 3. The maximum atomic E-state index is 13.2. The van der Waals surface area contributed by atoms with Crippen molar-refractivity contribution in [3.63, 3.8) is 0 Å². The maximum absolute atomic E-state index is 13.2. The van der Waals surface area contributed by atoms with Gasteiger partial charge in [-0.05, 0) is 44.0 Å². The van der Waals surface area contributed by atoms with Gasteiger partial charge in [-0.25, -0.2) is 0 Å². The number of aryl methyl sites for hydroxylation is 1. The summed E-state index contributed by atoms with van der Waals surface area (Å²) in [6.07, 6.45) is 1.95. The highest BCUT2D eigenvalue weighted by Crippen LogP contribution is 2.40. The number of methoxy groups -OCH3 is 1. The van der Waals surface area contributed by atoms with E-state index < -0.39 is 0 Å². The van der Waals surface area contributed by atoms with Crippen molar-refractivity contribution in [3.05, 3.63) is 23.8 Å². The van der Waals surface area contributed by atoms with Crippen molar-refractivity contribution in [2.45, 2.75) is 19.8 Å². The molecular formula is C23H35N3O4. The quantitative estimate of drug-likeness (QED) is 0.641. The average molecular weight is 418 g/mol. The standard InChI is InChI=1S/C23H35N3O4/c1-19-3-4-20(21(17-19)28-2)30-16-13-25-7-5-23(18-25)6-8-26(22(23)27)10-9-24-11-14-29-15-12-24/h3-4,17H,5-16,18H2,1-2H3. The Kier molecular flexibility index (Phi) is 6.80. The van der Waals surface area contributed by atoms with Crippen LogP contribution >= 0.6 is 0 Å². The van der Waals surface area contributed by atoms with Gasteiger partial charge in [0.25, 0.3) is 0 Å². The minimum Gasteiger partial charge on any atom is -0.493 e. The topological polar surface area (TPSA) is 54.5 Å². The molecule has 7 nitrogen and oxygen atoms in total. The van der Waals surface area contributed by atoms with E-state index in [9.17, 15) is 4.79 Å². The molecule has 3 aliphatic heterocycles. The Morgan fingerprint density at radius 1 is 1.00 bits per heavy atom. The number of morpholine rings is 1. The molecule has 0 aliphatic carbocycles. The van der Waals surface area contributed by atoms with Crippen LogP contribution in [-0.2, 0) is 9.53 Å². The molecule has 3 saturated heterocycles. The second-order valence-corrected chi connectivity index (χ2v) is 8.81. The molecule has 1 atom stereocenters. The summed E-state index contributed by atoms with van der Waals surface area (Å²) >= 11 is 0. The maximum Gasteiger partial charge on any atom is 0.230 e. The number of likely N-dealkylation sites (tertiary alicyclic amines) is 2. The number of carbonyl (C=O) groups excluding carboxylic acids is 1. The van der Waals surface area contributed by atoms with Gasteiger partial charge in [0, 0.05) is 45.8 Å². The van der Waals surface area contributed by atoms with Crippen LogP contribution < -0.4 is 9.47 Å². The van der Waals surface area contributed by atoms with Gasteiger partial charge in [0.1, 0.15) is 6.61 Å². The summed E-state index contributed by atoms with van der Waals surface area (Å²) in [4.78, 5) is 20.0. The lowest BCUT2D eigenvalue weighted by Crippen LogP contribution is -2.43. The summed E-state index contributed by atoms with van der Waals surface area (Å²) in [5.74, 6) is 1.91. The fraction of sp³-hybridized carbons (Fsp3) is 0.696. The van der Waals surface area contributed by atoms with E-state index >= 15 is 0 Å². The zero-order valence-electron chi connectivity index (χ0n) is 18.4. The van der Waals surface area contributed by atoms with Crippen LogP contribution in [0.25, 0.3) is 0 Å². The summed E-state index contributed by atoms with van der Waals surface area (Å²) in [6.45, 7) is 11.6. The third-order valence-electron chi connectivity index (χ3n) is 6.81. The number of amides is 1. The van der Waals surface area contributed by atoms with Crippen molar-refractivity contribution in [3.8, 4) is 11.5 Å². The van der Waals surface area contributed by atoms with Crippen molar-refractivity contribution in [1.29, 1.82) is 0 Å². The fourth-order valence-electron chi connectivity index (χ4n) is 4.90. The van der Waals surface area contributed by atoms with E-state index in [1.54, 1.807) is 7.11 Å². The molecule has 0 radical (unpaired) electrons. The van der Waals surface area contributed by atoms with Gasteiger partial charge in [-0.15, -0.1) is 0 Å². The SMILES string of the molecule is COc1cc(C)ccc1OCCN1CCC2(CCN(CCN3CCOCC3)C2=O)C1. The predicted molar refractivity (Wildman–Crippen MR) is 115 cm³/mol. The molecule has 1 unspecified atom stereocenters. The molecule has 0 bridgehead atoms. The lowest BCUT2D eigenvalue weighted by atomic mass is 9.85. The molecule has 7 heteroatoms. The predicted octanol–water partition coefficient (Wildman–Crippen LogP) is 1.64. The highest BCUT2D eigenvalue weighted by atomic mass is 16.5. The van der Waals surface area contributed by atoms with E-state index in [4.69, 9.17) is 14.2 Å². The first-order chi connectivity index (χ1) is 14.6. The zero-order valence-corrected chi connectivity index (χ0v) is 18.4. The minimum atomic E-state index is -0.174. The minimum absolute atomic E-state index is 0.174. The molecule has 1 aromatic rings. The van der Waals surface area contributed by atoms with E-state index in [0.29, 0.717) is 12.5 Å². The molecule has 3 heterocycles. The third-order valence-corrected chi connectivity index (χ3v) is 6.81. The summed E-state index contributed by atoms with van der Waals surface area (Å²) in [7, 11) is 1.67. The smallest absolute Gasteiger partial charge is 0.230 e. The van der Waals surface area contributed by atoms with Crippen molar-refractivity contribution >= 4 is 5.91 Å². The number of rotatable bonds is 8. The van der Waals surface area contributed by atoms with Gasteiger partial charge in [-0.1, -0.05) is 6.07 Å². The molecule has 0 aromatic heterocycles. The Labute approximate surface area is 179 Å². The van der Waals surface area contributed by atoms with Gasteiger partial charge >= 0.3 is 0 Å². The van der Waals surface area contributed by atoms with Crippen LogP contribution in [0, 0.1) is 12.3 Å². The zero-order chi connectivity index (χ0) is 21.0. The first-order valence-electron chi connectivity index (χ1n) is 11.2. The highest BCUT2D eigenvalue weighted by Gasteiger charge is 2.50. The summed E-state index contributed by atoms with van der Waals surface area (Å²) < 4.78 is 16.8. The molecule has 166 valence electrons.